The van der Waals surface area contributed by atoms with Crippen LogP contribution < -0.4 is 10.1 Å². The summed E-state index contributed by atoms with van der Waals surface area (Å²) in [7, 11) is 0. The first kappa shape index (κ1) is 28.5. The van der Waals surface area contributed by atoms with Gasteiger partial charge in [-0.2, -0.15) is 0 Å². The summed E-state index contributed by atoms with van der Waals surface area (Å²) in [5.74, 6) is 0.280. The van der Waals surface area contributed by atoms with Crippen LogP contribution in [0.1, 0.15) is 36.1 Å². The molecule has 0 bridgehead atoms. The van der Waals surface area contributed by atoms with E-state index in [1.165, 1.54) is 4.90 Å². The Labute approximate surface area is 229 Å². The Kier molecular flexibility index (Phi) is 10.4. The molecule has 7 heteroatoms. The Morgan fingerprint density at radius 1 is 0.919 bits per heavy atom. The first-order valence-corrected chi connectivity index (χ1v) is 13.1. The Bertz CT molecular complexity index is 1190. The van der Waals surface area contributed by atoms with E-state index in [2.05, 4.69) is 5.32 Å². The molecule has 0 aliphatic rings. The average Bonchev–Trinajstić information content (AvgIpc) is 2.87. The number of carbonyl (C=O) groups is 2. The number of halogens is 2. The molecule has 3 aromatic carbocycles. The lowest BCUT2D eigenvalue weighted by Crippen LogP contribution is -2.52. The van der Waals surface area contributed by atoms with Crippen molar-refractivity contribution in [3.05, 3.63) is 99.0 Å². The summed E-state index contributed by atoms with van der Waals surface area (Å²) < 4.78 is 5.87. The fourth-order valence-electron chi connectivity index (χ4n) is 3.86. The summed E-state index contributed by atoms with van der Waals surface area (Å²) in [6.45, 7) is 8.40. The van der Waals surface area contributed by atoms with Crippen molar-refractivity contribution in [2.24, 2.45) is 5.92 Å². The van der Waals surface area contributed by atoms with E-state index in [9.17, 15) is 9.59 Å². The number of aryl methyl sites for hydroxylation is 2. The molecule has 2 amide bonds. The van der Waals surface area contributed by atoms with E-state index in [0.717, 1.165) is 16.7 Å². The Morgan fingerprint density at radius 2 is 1.59 bits per heavy atom. The van der Waals surface area contributed by atoms with Gasteiger partial charge in [-0.05, 0) is 60.7 Å². The highest BCUT2D eigenvalue weighted by atomic mass is 35.5. The minimum absolute atomic E-state index is 0.0697. The van der Waals surface area contributed by atoms with Gasteiger partial charge in [-0.3, -0.25) is 9.59 Å². The summed E-state index contributed by atoms with van der Waals surface area (Å²) in [5.41, 5.74) is 3.73. The average molecular weight is 542 g/mol. The smallest absolute Gasteiger partial charge is 0.261 e. The van der Waals surface area contributed by atoms with E-state index in [1.54, 1.807) is 18.2 Å². The molecule has 0 radical (unpaired) electrons. The molecule has 1 N–H and O–H groups in total. The van der Waals surface area contributed by atoms with Crippen molar-refractivity contribution in [3.63, 3.8) is 0 Å². The van der Waals surface area contributed by atoms with Gasteiger partial charge in [0.25, 0.3) is 5.91 Å². The second-order valence-corrected chi connectivity index (χ2v) is 10.4. The topological polar surface area (TPSA) is 58.6 Å². The molecular weight excluding hydrogens is 507 g/mol. The van der Waals surface area contributed by atoms with Crippen LogP contribution in [0.2, 0.25) is 10.0 Å². The van der Waals surface area contributed by atoms with Crippen molar-refractivity contribution in [2.45, 2.75) is 46.7 Å². The van der Waals surface area contributed by atoms with Crippen molar-refractivity contribution in [2.75, 3.05) is 13.2 Å². The van der Waals surface area contributed by atoms with Gasteiger partial charge >= 0.3 is 0 Å². The van der Waals surface area contributed by atoms with Gasteiger partial charge in [0.2, 0.25) is 5.91 Å². The number of benzene rings is 3. The fourth-order valence-corrected chi connectivity index (χ4v) is 4.38. The second-order valence-electron chi connectivity index (χ2n) is 9.60. The molecule has 0 aliphatic carbocycles. The number of ether oxygens (including phenoxy) is 1. The maximum absolute atomic E-state index is 13.7. The molecule has 37 heavy (non-hydrogen) atoms. The molecule has 0 aromatic heterocycles. The minimum Gasteiger partial charge on any atom is -0.484 e. The quantitative estimate of drug-likeness (QED) is 0.306. The van der Waals surface area contributed by atoms with E-state index >= 15 is 0 Å². The Morgan fingerprint density at radius 3 is 2.22 bits per heavy atom. The highest BCUT2D eigenvalue weighted by molar-refractivity contribution is 6.36. The molecule has 1 atom stereocenters. The van der Waals surface area contributed by atoms with Gasteiger partial charge in [-0.15, -0.1) is 0 Å². The van der Waals surface area contributed by atoms with Gasteiger partial charge in [0.05, 0.1) is 0 Å². The predicted octanol–water partition coefficient (Wildman–Crippen LogP) is 6.40. The zero-order chi connectivity index (χ0) is 26.9. The highest BCUT2D eigenvalue weighted by Gasteiger charge is 2.31. The largest absolute Gasteiger partial charge is 0.484 e. The zero-order valence-electron chi connectivity index (χ0n) is 21.8. The van der Waals surface area contributed by atoms with Crippen LogP contribution in [0.15, 0.2) is 66.7 Å². The van der Waals surface area contributed by atoms with Crippen LogP contribution >= 0.6 is 23.2 Å². The second kappa shape index (κ2) is 13.5. The number of hydrogen-bond donors (Lipinski definition) is 1. The van der Waals surface area contributed by atoms with Gasteiger partial charge in [-0.1, -0.05) is 79.5 Å². The normalized spacial score (nSPS) is 11.8. The summed E-state index contributed by atoms with van der Waals surface area (Å²) in [6, 6.07) is 19.7. The van der Waals surface area contributed by atoms with E-state index in [-0.39, 0.29) is 30.9 Å². The van der Waals surface area contributed by atoms with Gasteiger partial charge < -0.3 is 15.0 Å². The van der Waals surface area contributed by atoms with Crippen molar-refractivity contribution in [1.82, 2.24) is 10.2 Å². The number of hydrogen-bond acceptors (Lipinski definition) is 3. The highest BCUT2D eigenvalue weighted by Crippen LogP contribution is 2.27. The molecule has 0 aliphatic heterocycles. The Balaban J connectivity index is 1.95. The molecule has 196 valence electrons. The van der Waals surface area contributed by atoms with Crippen LogP contribution in [-0.2, 0) is 22.6 Å². The predicted molar refractivity (Wildman–Crippen MR) is 150 cm³/mol. The summed E-state index contributed by atoms with van der Waals surface area (Å²) in [4.78, 5) is 28.7. The van der Waals surface area contributed by atoms with Crippen LogP contribution in [0, 0.1) is 19.8 Å². The minimum atomic E-state index is -0.788. The molecular formula is C30H34Cl2N2O3. The third-order valence-electron chi connectivity index (χ3n) is 6.19. The zero-order valence-corrected chi connectivity index (χ0v) is 23.3. The van der Waals surface area contributed by atoms with Crippen LogP contribution in [-0.4, -0.2) is 35.9 Å². The molecule has 3 aromatic rings. The van der Waals surface area contributed by atoms with Crippen LogP contribution in [0.3, 0.4) is 0 Å². The van der Waals surface area contributed by atoms with Crippen LogP contribution in [0.5, 0.6) is 5.75 Å². The monoisotopic (exact) mass is 540 g/mol. The summed E-state index contributed by atoms with van der Waals surface area (Å²) in [6.07, 6.45) is 0.336. The first-order chi connectivity index (χ1) is 17.7. The van der Waals surface area contributed by atoms with Crippen molar-refractivity contribution >= 4 is 35.0 Å². The SMILES string of the molecule is Cc1ccc(OCC(=O)N(Cc2c(Cl)cccc2Cl)C(Cc2ccccc2)C(=O)NCC(C)C)cc1C. The lowest BCUT2D eigenvalue weighted by atomic mass is 10.0. The maximum atomic E-state index is 13.7. The standard InChI is InChI=1S/C30H34Cl2N2O3/c1-20(2)17-33-30(36)28(16-23-9-6-5-7-10-23)34(18-25-26(31)11-8-12-27(25)32)29(35)19-37-24-14-13-21(3)22(4)15-24/h5-15,20,28H,16-19H2,1-4H3,(H,33,36). The molecule has 0 spiro atoms. The van der Waals surface area contributed by atoms with Gasteiger partial charge in [-0.25, -0.2) is 0 Å². The van der Waals surface area contributed by atoms with Gasteiger partial charge in [0.1, 0.15) is 11.8 Å². The fraction of sp³-hybridized carbons (Fsp3) is 0.333. The first-order valence-electron chi connectivity index (χ1n) is 12.4. The van der Waals surface area contributed by atoms with Crippen molar-refractivity contribution in [3.8, 4) is 5.75 Å². The summed E-state index contributed by atoms with van der Waals surface area (Å²) in [5, 5.41) is 3.86. The summed E-state index contributed by atoms with van der Waals surface area (Å²) >= 11 is 13.0. The molecule has 0 saturated heterocycles. The van der Waals surface area contributed by atoms with Crippen molar-refractivity contribution < 1.29 is 14.3 Å². The molecule has 3 rings (SSSR count). The lowest BCUT2D eigenvalue weighted by molar-refractivity contribution is -0.142. The van der Waals surface area contributed by atoms with Gasteiger partial charge in [0, 0.05) is 35.1 Å². The van der Waals surface area contributed by atoms with Crippen LogP contribution in [0.4, 0.5) is 0 Å². The molecule has 1 unspecified atom stereocenters. The lowest BCUT2D eigenvalue weighted by Gasteiger charge is -2.32. The van der Waals surface area contributed by atoms with E-state index in [4.69, 9.17) is 27.9 Å². The number of nitrogens with one attached hydrogen (secondary N) is 1. The number of rotatable bonds is 11. The maximum Gasteiger partial charge on any atom is 0.261 e. The van der Waals surface area contributed by atoms with E-state index in [0.29, 0.717) is 34.3 Å². The van der Waals surface area contributed by atoms with Crippen LogP contribution in [0.25, 0.3) is 0 Å². The van der Waals surface area contributed by atoms with E-state index in [1.807, 2.05) is 76.2 Å². The van der Waals surface area contributed by atoms with E-state index < -0.39 is 6.04 Å². The molecule has 0 heterocycles. The molecule has 5 nitrogen and oxygen atoms in total. The third-order valence-corrected chi connectivity index (χ3v) is 6.89. The molecule has 0 saturated carbocycles. The van der Waals surface area contributed by atoms with Crippen molar-refractivity contribution in [1.29, 1.82) is 0 Å². The Hall–Kier alpha value is -3.02. The number of amides is 2. The molecule has 0 fully saturated rings. The van der Waals surface area contributed by atoms with Gasteiger partial charge in [0.15, 0.2) is 6.61 Å². The number of carbonyl (C=O) groups excluding carboxylic acids is 2. The third kappa shape index (κ3) is 8.24. The number of nitrogens with zero attached hydrogens (tertiary/aromatic N) is 1.